The molecule has 2 heterocycles. The van der Waals surface area contributed by atoms with Crippen molar-refractivity contribution in [1.82, 2.24) is 0 Å². The molecule has 0 radical (unpaired) electrons. The molecule has 2 atom stereocenters. The molecule has 2 aliphatic heterocycles. The van der Waals surface area contributed by atoms with E-state index in [9.17, 15) is 8.42 Å². The molecule has 0 aromatic rings. The topological polar surface area (TPSA) is 65.0 Å². The van der Waals surface area contributed by atoms with Crippen molar-refractivity contribution in [3.05, 3.63) is 0 Å². The van der Waals surface area contributed by atoms with Crippen LogP contribution < -0.4 is 0 Å². The van der Waals surface area contributed by atoms with E-state index in [4.69, 9.17) is 9.47 Å². The Morgan fingerprint density at radius 3 is 2.61 bits per heavy atom. The molecular weight excluding hydrogens is 254 g/mol. The third kappa shape index (κ3) is 0.959. The molecule has 0 N–H and O–H groups in total. The van der Waals surface area contributed by atoms with Crippen LogP contribution in [-0.4, -0.2) is 38.9 Å². The highest BCUT2D eigenvalue weighted by Crippen LogP contribution is 2.71. The average Bonchev–Trinajstić information content (AvgIpc) is 2.90. The monoisotopic (exact) mass is 271 g/mol. The zero-order valence-corrected chi connectivity index (χ0v) is 11.4. The van der Waals surface area contributed by atoms with Crippen LogP contribution in [0.5, 0.6) is 0 Å². The summed E-state index contributed by atoms with van der Waals surface area (Å²) in [6.45, 7) is 5.34. The zero-order chi connectivity index (χ0) is 12.8. The Kier molecular flexibility index (Phi) is 1.79. The Morgan fingerprint density at radius 1 is 1.28 bits per heavy atom. The summed E-state index contributed by atoms with van der Waals surface area (Å²) in [5.41, 5.74) is 0.175. The third-order valence-corrected chi connectivity index (χ3v) is 6.90. The minimum absolute atomic E-state index is 0.125. The van der Waals surface area contributed by atoms with Crippen LogP contribution >= 0.6 is 0 Å². The summed E-state index contributed by atoms with van der Waals surface area (Å²) < 4.78 is 39.6. The molecule has 18 heavy (non-hydrogen) atoms. The minimum Gasteiger partial charge on any atom is -0.342 e. The largest absolute Gasteiger partial charge is 0.342 e. The van der Waals surface area contributed by atoms with Crippen LogP contribution in [0.15, 0.2) is 4.40 Å². The van der Waals surface area contributed by atoms with E-state index in [0.29, 0.717) is 18.9 Å². The molecule has 0 amide bonds. The molecule has 2 spiro atoms. The van der Waals surface area contributed by atoms with Gasteiger partial charge in [-0.2, -0.15) is 4.40 Å². The number of ether oxygens (including phenoxy) is 2. The van der Waals surface area contributed by atoms with Crippen molar-refractivity contribution in [3.63, 3.8) is 0 Å². The summed E-state index contributed by atoms with van der Waals surface area (Å²) in [6.07, 6.45) is 1.85. The number of fused-ring (bicyclic) bond motifs is 3. The molecule has 4 rings (SSSR count). The lowest BCUT2D eigenvalue weighted by atomic mass is 9.70. The van der Waals surface area contributed by atoms with Gasteiger partial charge in [0.2, 0.25) is 5.79 Å². The number of sulfonamides is 1. The van der Waals surface area contributed by atoms with Crippen LogP contribution in [0.3, 0.4) is 0 Å². The summed E-state index contributed by atoms with van der Waals surface area (Å²) in [5, 5.41) is 0. The van der Waals surface area contributed by atoms with Gasteiger partial charge in [-0.05, 0) is 18.3 Å². The van der Waals surface area contributed by atoms with Crippen molar-refractivity contribution < 1.29 is 17.9 Å². The predicted octanol–water partition coefficient (Wildman–Crippen LogP) is 0.950. The highest BCUT2D eigenvalue weighted by Gasteiger charge is 2.78. The first kappa shape index (κ1) is 11.4. The fourth-order valence-corrected chi connectivity index (χ4v) is 6.64. The van der Waals surface area contributed by atoms with E-state index < -0.39 is 15.8 Å². The summed E-state index contributed by atoms with van der Waals surface area (Å²) >= 11 is 0. The van der Waals surface area contributed by atoms with Crippen LogP contribution in [0.4, 0.5) is 0 Å². The molecular formula is C12H17NO4S. The van der Waals surface area contributed by atoms with Gasteiger partial charge in [0.25, 0.3) is 10.0 Å². The Balaban J connectivity index is 2.00. The molecule has 5 nitrogen and oxygen atoms in total. The van der Waals surface area contributed by atoms with Gasteiger partial charge in [-0.15, -0.1) is 0 Å². The smallest absolute Gasteiger partial charge is 0.254 e. The zero-order valence-electron chi connectivity index (χ0n) is 10.6. The van der Waals surface area contributed by atoms with Crippen molar-refractivity contribution in [2.24, 2.45) is 21.1 Å². The lowest BCUT2D eigenvalue weighted by molar-refractivity contribution is -0.147. The van der Waals surface area contributed by atoms with Crippen LogP contribution in [0.25, 0.3) is 0 Å². The average molecular weight is 271 g/mol. The van der Waals surface area contributed by atoms with E-state index in [0.717, 1.165) is 12.8 Å². The first-order valence-corrected chi connectivity index (χ1v) is 8.07. The van der Waals surface area contributed by atoms with Crippen molar-refractivity contribution in [2.45, 2.75) is 32.5 Å². The summed E-state index contributed by atoms with van der Waals surface area (Å²) in [4.78, 5) is 0. The maximum Gasteiger partial charge on any atom is 0.254 e. The number of hydrogen-bond donors (Lipinski definition) is 0. The molecule has 4 aliphatic rings. The first-order valence-electron chi connectivity index (χ1n) is 6.46. The molecule has 2 saturated carbocycles. The molecule has 0 unspecified atom stereocenters. The minimum atomic E-state index is -3.36. The van der Waals surface area contributed by atoms with E-state index in [1.165, 1.54) is 0 Å². The Labute approximate surface area is 107 Å². The number of rotatable bonds is 0. The van der Waals surface area contributed by atoms with E-state index in [-0.39, 0.29) is 22.5 Å². The molecule has 0 aromatic carbocycles. The molecule has 1 saturated heterocycles. The Bertz CT molecular complexity index is 559. The SMILES string of the molecule is CC1(C)[C@@H]2CC[C@]13CS(=O)(=O)N=C3C21OCCO1. The van der Waals surface area contributed by atoms with Crippen molar-refractivity contribution >= 4 is 15.7 Å². The van der Waals surface area contributed by atoms with Gasteiger partial charge in [-0.1, -0.05) is 13.8 Å². The van der Waals surface area contributed by atoms with Crippen molar-refractivity contribution in [1.29, 1.82) is 0 Å². The van der Waals surface area contributed by atoms with Gasteiger partial charge in [0.1, 0.15) is 0 Å². The lowest BCUT2D eigenvalue weighted by Gasteiger charge is -2.33. The molecule has 3 fully saturated rings. The summed E-state index contributed by atoms with van der Waals surface area (Å²) in [6, 6.07) is 0. The fraction of sp³-hybridized carbons (Fsp3) is 0.917. The molecule has 6 heteroatoms. The van der Waals surface area contributed by atoms with Gasteiger partial charge >= 0.3 is 0 Å². The third-order valence-electron chi connectivity index (χ3n) is 5.58. The number of hydrogen-bond acceptors (Lipinski definition) is 4. The predicted molar refractivity (Wildman–Crippen MR) is 64.8 cm³/mol. The highest BCUT2D eigenvalue weighted by atomic mass is 32.2. The second-order valence-corrected chi connectivity index (χ2v) is 8.06. The van der Waals surface area contributed by atoms with Crippen LogP contribution in [-0.2, 0) is 19.5 Å². The quantitative estimate of drug-likeness (QED) is 0.658. The second-order valence-electron chi connectivity index (χ2n) is 6.43. The molecule has 2 bridgehead atoms. The second kappa shape index (κ2) is 2.83. The first-order chi connectivity index (χ1) is 8.34. The standard InChI is InChI=1S/C12H17NO4S/c1-10(2)8-3-4-11(10)7-18(14,15)13-9(11)12(8)16-5-6-17-12/h8H,3-7H2,1-2H3/t8-,11+/m0/s1. The molecule has 2 aliphatic carbocycles. The Hall–Kier alpha value is -0.460. The van der Waals surface area contributed by atoms with Crippen LogP contribution in [0.1, 0.15) is 26.7 Å². The van der Waals surface area contributed by atoms with Crippen LogP contribution in [0.2, 0.25) is 0 Å². The summed E-state index contributed by atoms with van der Waals surface area (Å²) in [7, 11) is -3.36. The van der Waals surface area contributed by atoms with Gasteiger partial charge in [0.05, 0.1) is 24.7 Å². The van der Waals surface area contributed by atoms with E-state index in [1.54, 1.807) is 0 Å². The fourth-order valence-electron chi connectivity index (χ4n) is 4.72. The number of nitrogens with zero attached hydrogens (tertiary/aromatic N) is 1. The van der Waals surface area contributed by atoms with E-state index >= 15 is 0 Å². The van der Waals surface area contributed by atoms with Gasteiger partial charge in [0, 0.05) is 11.3 Å². The van der Waals surface area contributed by atoms with Crippen molar-refractivity contribution in [2.75, 3.05) is 19.0 Å². The Morgan fingerprint density at radius 2 is 1.94 bits per heavy atom. The molecule has 0 aromatic heterocycles. The van der Waals surface area contributed by atoms with Crippen molar-refractivity contribution in [3.8, 4) is 0 Å². The summed E-state index contributed by atoms with van der Waals surface area (Å²) in [5.74, 6) is -0.486. The van der Waals surface area contributed by atoms with Gasteiger partial charge in [0.15, 0.2) is 0 Å². The highest BCUT2D eigenvalue weighted by molar-refractivity contribution is 7.90. The van der Waals surface area contributed by atoms with Crippen LogP contribution in [0, 0.1) is 16.7 Å². The normalized spacial score (nSPS) is 45.4. The van der Waals surface area contributed by atoms with Gasteiger partial charge in [-0.3, -0.25) is 0 Å². The maximum absolute atomic E-state index is 12.0. The van der Waals surface area contributed by atoms with Gasteiger partial charge in [-0.25, -0.2) is 8.42 Å². The van der Waals surface area contributed by atoms with E-state index in [2.05, 4.69) is 18.2 Å². The maximum atomic E-state index is 12.0. The lowest BCUT2D eigenvalue weighted by Crippen LogP contribution is -2.47. The molecule has 100 valence electrons. The van der Waals surface area contributed by atoms with E-state index in [1.807, 2.05) is 0 Å². The van der Waals surface area contributed by atoms with Gasteiger partial charge < -0.3 is 9.47 Å².